The quantitative estimate of drug-likeness (QED) is 0.753. The van der Waals surface area contributed by atoms with Crippen LogP contribution < -0.4 is 10.2 Å². The standard InChI is InChI=1S/C20H18ClFN2O2/c1-2-3-4-13-5-9-15(10-6-13)23-18-17(21)19(25)24(20(18)26)16-11-7-14(22)8-12-16/h5-12,23H,2-4H2,1H3. The van der Waals surface area contributed by atoms with E-state index in [-0.39, 0.29) is 16.4 Å². The summed E-state index contributed by atoms with van der Waals surface area (Å²) in [6, 6.07) is 12.7. The molecule has 0 spiro atoms. The van der Waals surface area contributed by atoms with E-state index < -0.39 is 17.6 Å². The molecule has 0 aromatic heterocycles. The van der Waals surface area contributed by atoms with Crippen LogP contribution in [0.15, 0.2) is 59.3 Å². The second-order valence-corrected chi connectivity index (χ2v) is 6.41. The van der Waals surface area contributed by atoms with Crippen LogP contribution in [0.3, 0.4) is 0 Å². The topological polar surface area (TPSA) is 49.4 Å². The van der Waals surface area contributed by atoms with Crippen LogP contribution in [0.2, 0.25) is 0 Å². The molecule has 0 fully saturated rings. The molecule has 0 aliphatic carbocycles. The Kier molecular flexibility index (Phi) is 5.38. The van der Waals surface area contributed by atoms with E-state index in [0.717, 1.165) is 24.2 Å². The summed E-state index contributed by atoms with van der Waals surface area (Å²) < 4.78 is 13.1. The number of nitrogens with one attached hydrogen (secondary N) is 1. The average molecular weight is 373 g/mol. The van der Waals surface area contributed by atoms with Gasteiger partial charge in [0.15, 0.2) is 0 Å². The summed E-state index contributed by atoms with van der Waals surface area (Å²) in [6.07, 6.45) is 3.23. The minimum atomic E-state index is -0.634. The van der Waals surface area contributed by atoms with E-state index in [1.165, 1.54) is 29.8 Å². The van der Waals surface area contributed by atoms with Crippen molar-refractivity contribution in [2.45, 2.75) is 26.2 Å². The smallest absolute Gasteiger partial charge is 0.283 e. The van der Waals surface area contributed by atoms with Gasteiger partial charge in [0, 0.05) is 5.69 Å². The van der Waals surface area contributed by atoms with Gasteiger partial charge in [0.2, 0.25) is 0 Å². The van der Waals surface area contributed by atoms with Crippen molar-refractivity contribution in [1.82, 2.24) is 0 Å². The fourth-order valence-corrected chi connectivity index (χ4v) is 2.93. The van der Waals surface area contributed by atoms with Gasteiger partial charge < -0.3 is 5.32 Å². The number of carbonyl (C=O) groups is 2. The van der Waals surface area contributed by atoms with E-state index in [2.05, 4.69) is 12.2 Å². The molecule has 6 heteroatoms. The fraction of sp³-hybridized carbons (Fsp3) is 0.200. The maximum Gasteiger partial charge on any atom is 0.283 e. The van der Waals surface area contributed by atoms with E-state index in [4.69, 9.17) is 11.6 Å². The number of unbranched alkanes of at least 4 members (excludes halogenated alkanes) is 1. The van der Waals surface area contributed by atoms with Crippen LogP contribution in [0.4, 0.5) is 15.8 Å². The highest BCUT2D eigenvalue weighted by Gasteiger charge is 2.38. The molecule has 0 saturated heterocycles. The van der Waals surface area contributed by atoms with Gasteiger partial charge in [-0.05, 0) is 54.8 Å². The van der Waals surface area contributed by atoms with Gasteiger partial charge in [0.1, 0.15) is 16.5 Å². The summed E-state index contributed by atoms with van der Waals surface area (Å²) in [6.45, 7) is 2.14. The predicted octanol–water partition coefficient (Wildman–Crippen LogP) is 4.60. The summed E-state index contributed by atoms with van der Waals surface area (Å²) >= 11 is 6.08. The van der Waals surface area contributed by atoms with Gasteiger partial charge in [0.25, 0.3) is 11.8 Å². The van der Waals surface area contributed by atoms with Gasteiger partial charge in [0.05, 0.1) is 5.69 Å². The van der Waals surface area contributed by atoms with Crippen molar-refractivity contribution in [1.29, 1.82) is 0 Å². The number of hydrogen-bond donors (Lipinski definition) is 1. The van der Waals surface area contributed by atoms with Crippen LogP contribution >= 0.6 is 11.6 Å². The van der Waals surface area contributed by atoms with Crippen LogP contribution in [-0.4, -0.2) is 11.8 Å². The van der Waals surface area contributed by atoms with Gasteiger partial charge in [-0.1, -0.05) is 37.1 Å². The maximum absolute atomic E-state index is 13.1. The van der Waals surface area contributed by atoms with Crippen LogP contribution in [-0.2, 0) is 16.0 Å². The lowest BCUT2D eigenvalue weighted by atomic mass is 10.1. The highest BCUT2D eigenvalue weighted by molar-refractivity contribution is 6.53. The number of amides is 2. The SMILES string of the molecule is CCCCc1ccc(NC2=C(Cl)C(=O)N(c3ccc(F)cc3)C2=O)cc1. The second kappa shape index (κ2) is 7.70. The van der Waals surface area contributed by atoms with Crippen molar-refractivity contribution in [2.75, 3.05) is 10.2 Å². The minimum absolute atomic E-state index is 0.0160. The van der Waals surface area contributed by atoms with E-state index in [9.17, 15) is 14.0 Å². The average Bonchev–Trinajstić information content (AvgIpc) is 2.85. The lowest BCUT2D eigenvalue weighted by Gasteiger charge is -2.15. The molecule has 3 rings (SSSR count). The Morgan fingerprint density at radius 3 is 2.27 bits per heavy atom. The molecule has 2 aromatic rings. The van der Waals surface area contributed by atoms with Gasteiger partial charge >= 0.3 is 0 Å². The molecule has 0 unspecified atom stereocenters. The molecule has 0 radical (unpaired) electrons. The summed E-state index contributed by atoms with van der Waals surface area (Å²) in [5.74, 6) is -1.65. The summed E-state index contributed by atoms with van der Waals surface area (Å²) in [7, 11) is 0. The Balaban J connectivity index is 1.78. The Hall–Kier alpha value is -2.66. The number of nitrogens with zero attached hydrogens (tertiary/aromatic N) is 1. The molecule has 1 N–H and O–H groups in total. The molecule has 1 aliphatic rings. The van der Waals surface area contributed by atoms with Crippen molar-refractivity contribution in [3.05, 3.63) is 70.6 Å². The van der Waals surface area contributed by atoms with Crippen molar-refractivity contribution < 1.29 is 14.0 Å². The van der Waals surface area contributed by atoms with E-state index in [1.807, 2.05) is 24.3 Å². The highest BCUT2D eigenvalue weighted by atomic mass is 35.5. The van der Waals surface area contributed by atoms with E-state index in [1.54, 1.807) is 0 Å². The number of benzene rings is 2. The van der Waals surface area contributed by atoms with Crippen molar-refractivity contribution >= 4 is 34.8 Å². The van der Waals surface area contributed by atoms with Crippen LogP contribution in [0.5, 0.6) is 0 Å². The molecule has 1 heterocycles. The number of rotatable bonds is 6. The first-order valence-electron chi connectivity index (χ1n) is 8.41. The fourth-order valence-electron chi connectivity index (χ4n) is 2.72. The van der Waals surface area contributed by atoms with Gasteiger partial charge in [-0.15, -0.1) is 0 Å². The summed E-state index contributed by atoms with van der Waals surface area (Å²) in [5.41, 5.74) is 2.16. The van der Waals surface area contributed by atoms with E-state index in [0.29, 0.717) is 5.69 Å². The van der Waals surface area contributed by atoms with Crippen molar-refractivity contribution in [3.8, 4) is 0 Å². The molecule has 26 heavy (non-hydrogen) atoms. The summed E-state index contributed by atoms with van der Waals surface area (Å²) in [5, 5.41) is 2.74. The largest absolute Gasteiger partial charge is 0.350 e. The van der Waals surface area contributed by atoms with Gasteiger partial charge in [-0.25, -0.2) is 9.29 Å². The van der Waals surface area contributed by atoms with Gasteiger partial charge in [-0.2, -0.15) is 0 Å². The predicted molar refractivity (Wildman–Crippen MR) is 100 cm³/mol. The third-order valence-electron chi connectivity index (χ3n) is 4.15. The zero-order valence-electron chi connectivity index (χ0n) is 14.3. The Bertz CT molecular complexity index is 860. The second-order valence-electron chi connectivity index (χ2n) is 6.04. The lowest BCUT2D eigenvalue weighted by Crippen LogP contribution is -2.32. The zero-order valence-corrected chi connectivity index (χ0v) is 15.0. The summed E-state index contributed by atoms with van der Waals surface area (Å²) in [4.78, 5) is 25.9. The minimum Gasteiger partial charge on any atom is -0.350 e. The number of hydrogen-bond acceptors (Lipinski definition) is 3. The number of imide groups is 1. The first-order valence-corrected chi connectivity index (χ1v) is 8.79. The Morgan fingerprint density at radius 2 is 1.65 bits per heavy atom. The molecule has 134 valence electrons. The molecule has 4 nitrogen and oxygen atoms in total. The zero-order chi connectivity index (χ0) is 18.7. The first kappa shape index (κ1) is 18.1. The third-order valence-corrected chi connectivity index (χ3v) is 4.51. The van der Waals surface area contributed by atoms with Crippen LogP contribution in [0.1, 0.15) is 25.3 Å². The molecule has 2 aromatic carbocycles. The van der Waals surface area contributed by atoms with Crippen molar-refractivity contribution in [2.24, 2.45) is 0 Å². The lowest BCUT2D eigenvalue weighted by molar-refractivity contribution is -0.120. The molecule has 2 amide bonds. The van der Waals surface area contributed by atoms with Crippen molar-refractivity contribution in [3.63, 3.8) is 0 Å². The molecular weight excluding hydrogens is 355 g/mol. The number of halogens is 2. The molecule has 0 saturated carbocycles. The third kappa shape index (κ3) is 3.63. The molecule has 0 atom stereocenters. The normalized spacial score (nSPS) is 14.3. The van der Waals surface area contributed by atoms with Gasteiger partial charge in [-0.3, -0.25) is 9.59 Å². The highest BCUT2D eigenvalue weighted by Crippen LogP contribution is 2.30. The number of anilines is 2. The first-order chi connectivity index (χ1) is 12.5. The van der Waals surface area contributed by atoms with Crippen LogP contribution in [0.25, 0.3) is 0 Å². The Morgan fingerprint density at radius 1 is 1.00 bits per heavy atom. The maximum atomic E-state index is 13.1. The monoisotopic (exact) mass is 372 g/mol. The molecule has 0 bridgehead atoms. The Labute approximate surface area is 156 Å². The van der Waals surface area contributed by atoms with Crippen LogP contribution in [0, 0.1) is 5.82 Å². The molecular formula is C20H18ClFN2O2. The number of aryl methyl sites for hydroxylation is 1. The number of carbonyl (C=O) groups excluding carboxylic acids is 2. The van der Waals surface area contributed by atoms with E-state index >= 15 is 0 Å². The molecule has 1 aliphatic heterocycles.